The molecule has 0 saturated carbocycles. The Morgan fingerprint density at radius 2 is 1.82 bits per heavy atom. The molecule has 0 bridgehead atoms. The molecule has 0 atom stereocenters. The first-order valence-corrected chi connectivity index (χ1v) is 8.33. The van der Waals surface area contributed by atoms with Gasteiger partial charge in [-0.2, -0.15) is 0 Å². The average Bonchev–Trinajstić information content (AvgIpc) is 2.60. The largest absolute Gasteiger partial charge is 0.573 e. The second-order valence-electron chi connectivity index (χ2n) is 6.05. The van der Waals surface area contributed by atoms with Crippen molar-refractivity contribution in [3.05, 3.63) is 59.7 Å². The van der Waals surface area contributed by atoms with Gasteiger partial charge in [-0.25, -0.2) is 4.79 Å². The maximum atomic E-state index is 12.5. The van der Waals surface area contributed by atoms with Crippen LogP contribution in [0, 0.1) is 0 Å². The van der Waals surface area contributed by atoms with Crippen LogP contribution in [0.1, 0.15) is 18.1 Å². The van der Waals surface area contributed by atoms with Gasteiger partial charge in [0.15, 0.2) is 0 Å². The van der Waals surface area contributed by atoms with Crippen molar-refractivity contribution in [1.29, 1.82) is 0 Å². The van der Waals surface area contributed by atoms with Crippen LogP contribution < -0.4 is 15.4 Å². The topological polar surface area (TPSA) is 70.7 Å². The molecule has 0 spiro atoms. The number of nitrogens with one attached hydrogen (secondary N) is 2. The van der Waals surface area contributed by atoms with Crippen molar-refractivity contribution in [3.63, 3.8) is 0 Å². The Labute approximate surface area is 160 Å². The van der Waals surface area contributed by atoms with E-state index in [1.54, 1.807) is 30.3 Å². The number of hydrogen-bond acceptors (Lipinski definition) is 3. The smallest absolute Gasteiger partial charge is 0.405 e. The molecule has 3 amide bonds. The predicted molar refractivity (Wildman–Crippen MR) is 97.6 cm³/mol. The number of nitrogens with zero attached hydrogens (tertiary/aromatic N) is 1. The van der Waals surface area contributed by atoms with Gasteiger partial charge in [0.2, 0.25) is 5.91 Å². The zero-order valence-corrected chi connectivity index (χ0v) is 15.3. The van der Waals surface area contributed by atoms with Gasteiger partial charge in [-0.3, -0.25) is 4.79 Å². The van der Waals surface area contributed by atoms with E-state index >= 15 is 0 Å². The monoisotopic (exact) mass is 395 g/mol. The maximum Gasteiger partial charge on any atom is 0.573 e. The van der Waals surface area contributed by atoms with Crippen LogP contribution in [0.25, 0.3) is 0 Å². The van der Waals surface area contributed by atoms with E-state index in [9.17, 15) is 22.8 Å². The molecule has 2 aromatic rings. The number of carbonyl (C=O) groups is 2. The summed E-state index contributed by atoms with van der Waals surface area (Å²) in [6.07, 6.45) is -4.81. The van der Waals surface area contributed by atoms with Gasteiger partial charge < -0.3 is 20.3 Å². The number of rotatable bonds is 6. The zero-order valence-electron chi connectivity index (χ0n) is 15.3. The molecule has 0 saturated heterocycles. The van der Waals surface area contributed by atoms with Crippen LogP contribution in [-0.4, -0.2) is 30.2 Å². The van der Waals surface area contributed by atoms with E-state index in [1.165, 1.54) is 37.1 Å². The molecule has 0 heterocycles. The minimum atomic E-state index is -4.81. The molecule has 2 N–H and O–H groups in total. The maximum absolute atomic E-state index is 12.5. The van der Waals surface area contributed by atoms with Crippen LogP contribution in [0.4, 0.5) is 23.7 Å². The predicted octanol–water partition coefficient (Wildman–Crippen LogP) is 3.89. The minimum Gasteiger partial charge on any atom is -0.405 e. The van der Waals surface area contributed by atoms with E-state index in [1.807, 2.05) is 0 Å². The molecular formula is C19H20F3N3O3. The lowest BCUT2D eigenvalue weighted by molar-refractivity contribution is -0.275. The molecule has 0 fully saturated rings. The van der Waals surface area contributed by atoms with Crippen LogP contribution >= 0.6 is 0 Å². The summed E-state index contributed by atoms with van der Waals surface area (Å²) in [5.41, 5.74) is 1.59. The SMILES string of the molecule is CC(=O)Nc1cccc(CNC(=O)N(C)Cc2ccccc2OC(F)(F)F)c1. The number of halogens is 3. The fourth-order valence-corrected chi connectivity index (χ4v) is 2.46. The highest BCUT2D eigenvalue weighted by molar-refractivity contribution is 5.88. The molecule has 2 aromatic carbocycles. The van der Waals surface area contributed by atoms with Gasteiger partial charge >= 0.3 is 12.4 Å². The third-order valence-electron chi connectivity index (χ3n) is 3.64. The average molecular weight is 395 g/mol. The Morgan fingerprint density at radius 3 is 2.50 bits per heavy atom. The second-order valence-corrected chi connectivity index (χ2v) is 6.05. The number of urea groups is 1. The molecule has 150 valence electrons. The Hall–Kier alpha value is -3.23. The second kappa shape index (κ2) is 9.12. The number of ether oxygens (including phenoxy) is 1. The van der Waals surface area contributed by atoms with E-state index < -0.39 is 12.4 Å². The number of anilines is 1. The molecule has 9 heteroatoms. The van der Waals surface area contributed by atoms with Gasteiger partial charge in [-0.15, -0.1) is 13.2 Å². The standard InChI is InChI=1S/C19H20F3N3O3/c1-13(26)24-16-8-5-6-14(10-16)11-23-18(27)25(2)12-15-7-3-4-9-17(15)28-19(20,21)22/h3-10H,11-12H2,1-2H3,(H,23,27)(H,24,26). The molecule has 0 radical (unpaired) electrons. The molecule has 0 unspecified atom stereocenters. The number of para-hydroxylation sites is 1. The summed E-state index contributed by atoms with van der Waals surface area (Å²) in [7, 11) is 1.47. The Balaban J connectivity index is 1.96. The van der Waals surface area contributed by atoms with Crippen molar-refractivity contribution in [2.45, 2.75) is 26.4 Å². The quantitative estimate of drug-likeness (QED) is 0.780. The van der Waals surface area contributed by atoms with E-state index in [0.717, 1.165) is 5.56 Å². The summed E-state index contributed by atoms with van der Waals surface area (Å²) in [4.78, 5) is 24.6. The molecule has 0 aliphatic carbocycles. The number of amides is 3. The summed E-state index contributed by atoms with van der Waals surface area (Å²) in [6, 6.07) is 12.1. The van der Waals surface area contributed by atoms with Crippen molar-refractivity contribution in [1.82, 2.24) is 10.2 Å². The highest BCUT2D eigenvalue weighted by atomic mass is 19.4. The third-order valence-corrected chi connectivity index (χ3v) is 3.64. The Bertz CT molecular complexity index is 840. The van der Waals surface area contributed by atoms with Crippen LogP contribution in [0.2, 0.25) is 0 Å². The van der Waals surface area contributed by atoms with Crippen LogP contribution in [0.5, 0.6) is 5.75 Å². The van der Waals surface area contributed by atoms with Crippen molar-refractivity contribution >= 4 is 17.6 Å². The number of carbonyl (C=O) groups excluding carboxylic acids is 2. The molecule has 0 aliphatic rings. The summed E-state index contributed by atoms with van der Waals surface area (Å²) in [5, 5.41) is 5.32. The molecule has 0 aromatic heterocycles. The van der Waals surface area contributed by atoms with E-state index in [-0.39, 0.29) is 30.3 Å². The molecule has 6 nitrogen and oxygen atoms in total. The summed E-state index contributed by atoms with van der Waals surface area (Å²) in [5.74, 6) is -0.557. The molecule has 2 rings (SSSR count). The number of benzene rings is 2. The summed E-state index contributed by atoms with van der Waals surface area (Å²) < 4.78 is 41.5. The number of alkyl halides is 3. The molecule has 28 heavy (non-hydrogen) atoms. The van der Waals surface area contributed by atoms with Gasteiger partial charge in [0.1, 0.15) is 5.75 Å². The van der Waals surface area contributed by atoms with Crippen molar-refractivity contribution in [3.8, 4) is 5.75 Å². The van der Waals surface area contributed by atoms with Crippen molar-refractivity contribution < 1.29 is 27.5 Å². The van der Waals surface area contributed by atoms with Crippen LogP contribution in [-0.2, 0) is 17.9 Å². The highest BCUT2D eigenvalue weighted by Crippen LogP contribution is 2.26. The molecular weight excluding hydrogens is 375 g/mol. The fraction of sp³-hybridized carbons (Fsp3) is 0.263. The molecule has 0 aliphatic heterocycles. The van der Waals surface area contributed by atoms with Crippen LogP contribution in [0.3, 0.4) is 0 Å². The normalized spacial score (nSPS) is 10.9. The first kappa shape index (κ1) is 21.1. The zero-order chi connectivity index (χ0) is 20.7. The van der Waals surface area contributed by atoms with E-state index in [4.69, 9.17) is 0 Å². The summed E-state index contributed by atoms with van der Waals surface area (Å²) >= 11 is 0. The van der Waals surface area contributed by atoms with Crippen molar-refractivity contribution in [2.75, 3.05) is 12.4 Å². The lowest BCUT2D eigenvalue weighted by atomic mass is 10.2. The first-order valence-electron chi connectivity index (χ1n) is 8.33. The van der Waals surface area contributed by atoms with Gasteiger partial charge in [0, 0.05) is 31.8 Å². The minimum absolute atomic E-state index is 0.0655. The third kappa shape index (κ3) is 6.82. The number of hydrogen-bond donors (Lipinski definition) is 2. The lowest BCUT2D eigenvalue weighted by Crippen LogP contribution is -2.36. The van der Waals surface area contributed by atoms with Gasteiger partial charge in [-0.1, -0.05) is 30.3 Å². The van der Waals surface area contributed by atoms with Gasteiger partial charge in [0.25, 0.3) is 0 Å². The lowest BCUT2D eigenvalue weighted by Gasteiger charge is -2.20. The van der Waals surface area contributed by atoms with E-state index in [2.05, 4.69) is 15.4 Å². The van der Waals surface area contributed by atoms with Gasteiger partial charge in [0.05, 0.1) is 6.54 Å². The Kier molecular flexibility index (Phi) is 6.86. The first-order chi connectivity index (χ1) is 13.1. The highest BCUT2D eigenvalue weighted by Gasteiger charge is 2.32. The van der Waals surface area contributed by atoms with E-state index in [0.29, 0.717) is 5.69 Å². The van der Waals surface area contributed by atoms with Crippen molar-refractivity contribution in [2.24, 2.45) is 0 Å². The van der Waals surface area contributed by atoms with Crippen LogP contribution in [0.15, 0.2) is 48.5 Å². The van der Waals surface area contributed by atoms with Gasteiger partial charge in [-0.05, 0) is 23.8 Å². The fourth-order valence-electron chi connectivity index (χ4n) is 2.46. The summed E-state index contributed by atoms with van der Waals surface area (Å²) in [6.45, 7) is 1.52. The Morgan fingerprint density at radius 1 is 1.11 bits per heavy atom.